The molecule has 1 spiro atoms. The number of carbonyl (C=O) groups is 2. The predicted molar refractivity (Wildman–Crippen MR) is 105 cm³/mol. The van der Waals surface area contributed by atoms with Crippen LogP contribution in [0.25, 0.3) is 0 Å². The van der Waals surface area contributed by atoms with Crippen LogP contribution < -0.4 is 4.90 Å². The Labute approximate surface area is 159 Å². The summed E-state index contributed by atoms with van der Waals surface area (Å²) in [5, 5.41) is 11.2. The lowest BCUT2D eigenvalue weighted by Crippen LogP contribution is -2.57. The van der Waals surface area contributed by atoms with Crippen LogP contribution in [-0.4, -0.2) is 29.9 Å². The third-order valence-electron chi connectivity index (χ3n) is 6.10. The van der Waals surface area contributed by atoms with E-state index in [2.05, 4.69) is 6.58 Å². The molecule has 2 aromatic carbocycles. The zero-order valence-electron chi connectivity index (χ0n) is 15.1. The average Bonchev–Trinajstić information content (AvgIpc) is 2.95. The lowest BCUT2D eigenvalue weighted by Gasteiger charge is -2.47. The highest BCUT2D eigenvalue weighted by molar-refractivity contribution is 6.10. The Kier molecular flexibility index (Phi) is 4.44. The predicted octanol–water partition coefficient (Wildman–Crippen LogP) is 3.21. The van der Waals surface area contributed by atoms with Crippen molar-refractivity contribution in [2.75, 3.05) is 11.4 Å². The van der Waals surface area contributed by atoms with Gasteiger partial charge in [-0.05, 0) is 30.0 Å². The number of para-hydroxylation sites is 1. The Morgan fingerprint density at radius 3 is 2.52 bits per heavy atom. The molecule has 4 rings (SSSR count). The van der Waals surface area contributed by atoms with E-state index in [0.717, 1.165) is 23.1 Å². The summed E-state index contributed by atoms with van der Waals surface area (Å²) in [7, 11) is 0. The van der Waals surface area contributed by atoms with E-state index in [-0.39, 0.29) is 11.8 Å². The van der Waals surface area contributed by atoms with Crippen LogP contribution in [0, 0.1) is 5.92 Å². The van der Waals surface area contributed by atoms with Crippen molar-refractivity contribution in [3.8, 4) is 0 Å². The first kappa shape index (κ1) is 17.7. The first-order chi connectivity index (χ1) is 13.2. The molecule has 138 valence electrons. The molecule has 4 nitrogen and oxygen atoms in total. The van der Waals surface area contributed by atoms with Crippen LogP contribution in [0.2, 0.25) is 0 Å². The highest BCUT2D eigenvalue weighted by Crippen LogP contribution is 2.57. The molecule has 2 aromatic rings. The zero-order chi connectivity index (χ0) is 19.0. The van der Waals surface area contributed by atoms with Gasteiger partial charge in [-0.1, -0.05) is 54.6 Å². The molecule has 0 unspecified atom stereocenters. The second-order valence-corrected chi connectivity index (χ2v) is 7.37. The van der Waals surface area contributed by atoms with Crippen molar-refractivity contribution in [1.29, 1.82) is 0 Å². The van der Waals surface area contributed by atoms with Gasteiger partial charge >= 0.3 is 0 Å². The molecule has 4 heteroatoms. The molecule has 1 aliphatic carbocycles. The van der Waals surface area contributed by atoms with E-state index in [9.17, 15) is 14.7 Å². The lowest BCUT2D eigenvalue weighted by molar-refractivity contribution is -0.133. The molecular formula is C23H23NO3. The van der Waals surface area contributed by atoms with Gasteiger partial charge in [0.15, 0.2) is 0 Å². The molecule has 0 radical (unpaired) electrons. The monoisotopic (exact) mass is 361 g/mol. The minimum Gasteiger partial charge on any atom is -0.392 e. The second-order valence-electron chi connectivity index (χ2n) is 7.37. The van der Waals surface area contributed by atoms with Gasteiger partial charge in [-0.25, -0.2) is 0 Å². The van der Waals surface area contributed by atoms with Crippen molar-refractivity contribution < 1.29 is 14.7 Å². The average molecular weight is 361 g/mol. The number of amides is 1. The Morgan fingerprint density at radius 2 is 1.81 bits per heavy atom. The van der Waals surface area contributed by atoms with E-state index in [4.69, 9.17) is 0 Å². The largest absolute Gasteiger partial charge is 0.392 e. The van der Waals surface area contributed by atoms with Crippen LogP contribution in [0.5, 0.6) is 0 Å². The first-order valence-electron chi connectivity index (χ1n) is 9.37. The summed E-state index contributed by atoms with van der Waals surface area (Å²) >= 11 is 0. The molecule has 4 atom stereocenters. The third kappa shape index (κ3) is 2.40. The summed E-state index contributed by atoms with van der Waals surface area (Å²) in [5.74, 6) is -0.864. The highest BCUT2D eigenvalue weighted by Gasteiger charge is 2.63. The maximum Gasteiger partial charge on any atom is 0.241 e. The molecule has 0 aromatic heterocycles. The van der Waals surface area contributed by atoms with Crippen molar-refractivity contribution in [1.82, 2.24) is 0 Å². The summed E-state index contributed by atoms with van der Waals surface area (Å²) in [6.07, 6.45) is 2.80. The molecule has 1 N–H and O–H groups in total. The fraction of sp³-hybridized carbons (Fsp3) is 0.304. The fourth-order valence-corrected chi connectivity index (χ4v) is 5.05. The van der Waals surface area contributed by atoms with Gasteiger partial charge in [0, 0.05) is 24.1 Å². The summed E-state index contributed by atoms with van der Waals surface area (Å²) in [4.78, 5) is 27.5. The van der Waals surface area contributed by atoms with Crippen molar-refractivity contribution in [3.63, 3.8) is 0 Å². The smallest absolute Gasteiger partial charge is 0.241 e. The number of aldehydes is 1. The number of anilines is 1. The molecule has 2 aliphatic rings. The minimum absolute atomic E-state index is 0.142. The van der Waals surface area contributed by atoms with Gasteiger partial charge in [0.2, 0.25) is 5.91 Å². The van der Waals surface area contributed by atoms with Gasteiger partial charge in [-0.15, -0.1) is 6.58 Å². The van der Waals surface area contributed by atoms with Gasteiger partial charge in [-0.3, -0.25) is 4.79 Å². The number of benzene rings is 2. The fourth-order valence-electron chi connectivity index (χ4n) is 5.05. The number of hydrogen-bond acceptors (Lipinski definition) is 3. The Hall–Kier alpha value is -2.72. The van der Waals surface area contributed by atoms with Crippen LogP contribution in [0.1, 0.15) is 29.9 Å². The summed E-state index contributed by atoms with van der Waals surface area (Å²) in [5.41, 5.74) is 1.38. The van der Waals surface area contributed by atoms with Crippen molar-refractivity contribution >= 4 is 17.9 Å². The molecule has 27 heavy (non-hydrogen) atoms. The number of aliphatic hydroxyl groups is 1. The third-order valence-corrected chi connectivity index (χ3v) is 6.10. The Morgan fingerprint density at radius 1 is 1.11 bits per heavy atom. The van der Waals surface area contributed by atoms with E-state index in [1.54, 1.807) is 11.0 Å². The molecule has 1 aliphatic heterocycles. The number of rotatable bonds is 4. The maximum absolute atomic E-state index is 13.8. The summed E-state index contributed by atoms with van der Waals surface area (Å²) < 4.78 is 0. The lowest BCUT2D eigenvalue weighted by atomic mass is 9.56. The number of hydrogen-bond donors (Lipinski definition) is 1. The van der Waals surface area contributed by atoms with Crippen LogP contribution in [0.3, 0.4) is 0 Å². The Bertz CT molecular complexity index is 878. The highest BCUT2D eigenvalue weighted by atomic mass is 16.3. The summed E-state index contributed by atoms with van der Waals surface area (Å²) in [6, 6.07) is 17.3. The number of carbonyl (C=O) groups excluding carboxylic acids is 2. The second kappa shape index (κ2) is 6.78. The molecule has 1 fully saturated rings. The van der Waals surface area contributed by atoms with E-state index < -0.39 is 17.4 Å². The minimum atomic E-state index is -1.15. The van der Waals surface area contributed by atoms with Crippen molar-refractivity contribution in [2.24, 2.45) is 5.92 Å². The first-order valence-corrected chi connectivity index (χ1v) is 9.37. The molecular weight excluding hydrogens is 338 g/mol. The van der Waals surface area contributed by atoms with E-state index >= 15 is 0 Å². The van der Waals surface area contributed by atoms with Crippen LogP contribution in [0.15, 0.2) is 67.3 Å². The molecule has 1 saturated carbocycles. The van der Waals surface area contributed by atoms with Crippen LogP contribution in [0.4, 0.5) is 5.69 Å². The topological polar surface area (TPSA) is 57.6 Å². The van der Waals surface area contributed by atoms with Crippen LogP contribution >= 0.6 is 0 Å². The van der Waals surface area contributed by atoms with Gasteiger partial charge in [0.1, 0.15) is 11.7 Å². The molecule has 1 heterocycles. The molecule has 1 amide bonds. The Balaban J connectivity index is 2.00. The number of nitrogens with zero attached hydrogens (tertiary/aromatic N) is 1. The summed E-state index contributed by atoms with van der Waals surface area (Å²) in [6.45, 7) is 4.15. The maximum atomic E-state index is 13.8. The van der Waals surface area contributed by atoms with Gasteiger partial charge < -0.3 is 14.8 Å². The van der Waals surface area contributed by atoms with E-state index in [1.807, 2.05) is 54.6 Å². The quantitative estimate of drug-likeness (QED) is 0.672. The van der Waals surface area contributed by atoms with Gasteiger partial charge in [-0.2, -0.15) is 0 Å². The normalized spacial score (nSPS) is 29.6. The van der Waals surface area contributed by atoms with Gasteiger partial charge in [0.25, 0.3) is 0 Å². The van der Waals surface area contributed by atoms with Gasteiger partial charge in [0.05, 0.1) is 6.10 Å². The van der Waals surface area contributed by atoms with E-state index in [1.165, 1.54) is 0 Å². The molecule has 0 saturated heterocycles. The molecule has 0 bridgehead atoms. The van der Waals surface area contributed by atoms with Crippen molar-refractivity contribution in [3.05, 3.63) is 78.4 Å². The number of fused-ring (bicyclic) bond motifs is 2. The van der Waals surface area contributed by atoms with E-state index in [0.29, 0.717) is 19.4 Å². The number of aliphatic hydroxyl groups excluding tert-OH is 1. The SMILES string of the molecule is C=CCN1C(=O)[C@]2(c3ccccc31)[C@@H](O)CC[C@H](C=O)[C@@H]2c1ccccc1. The zero-order valence-corrected chi connectivity index (χ0v) is 15.1. The van der Waals surface area contributed by atoms with Crippen LogP contribution in [-0.2, 0) is 15.0 Å². The standard InChI is InChI=1S/C23H23NO3/c1-2-14-24-19-11-7-6-10-18(19)23(22(24)27)20(26)13-12-17(15-25)21(23)16-8-4-3-5-9-16/h2-11,15,17,20-21,26H,1,12-14H2/t17-,20+,21+,23-/m1/s1. The van der Waals surface area contributed by atoms with Crippen molar-refractivity contribution in [2.45, 2.75) is 30.3 Å².